The molecule has 3 aromatic carbocycles. The zero-order valence-electron chi connectivity index (χ0n) is 20.5. The van der Waals surface area contributed by atoms with Crippen LogP contribution in [0.25, 0.3) is 10.9 Å². The van der Waals surface area contributed by atoms with Crippen LogP contribution in [0.2, 0.25) is 5.02 Å². The summed E-state index contributed by atoms with van der Waals surface area (Å²) >= 11 is 5.94. The van der Waals surface area contributed by atoms with Gasteiger partial charge in [-0.25, -0.2) is 22.8 Å². The predicted octanol–water partition coefficient (Wildman–Crippen LogP) is 5.77. The Morgan fingerprint density at radius 3 is 2.50 bits per heavy atom. The summed E-state index contributed by atoms with van der Waals surface area (Å²) in [6, 6.07) is 12.5. The zero-order valence-corrected chi connectivity index (χ0v) is 21.3. The fourth-order valence-electron chi connectivity index (χ4n) is 4.61. The minimum Gasteiger partial charge on any atom is -0.381 e. The molecule has 0 radical (unpaired) electrons. The number of nitrogens with zero attached hydrogens (tertiary/aromatic N) is 5. The average molecular weight is 541 g/mol. The van der Waals surface area contributed by atoms with Crippen LogP contribution < -0.4 is 5.32 Å². The SMILES string of the molecule is Cc1c2cc(NCc3ccc(Cl)cc3)cc(F)c2nn1[C@H](C)[C@](O)(Cn1cncn1)c1ccc(F)cc1F. The molecule has 2 N–H and O–H groups in total. The van der Waals surface area contributed by atoms with Crippen LogP contribution >= 0.6 is 11.6 Å². The Labute approximate surface area is 221 Å². The molecule has 0 saturated heterocycles. The lowest BCUT2D eigenvalue weighted by atomic mass is 9.86. The number of aliphatic hydroxyl groups is 1. The number of fused-ring (bicyclic) bond motifs is 1. The van der Waals surface area contributed by atoms with Gasteiger partial charge in [-0.2, -0.15) is 10.2 Å². The third-order valence-electron chi connectivity index (χ3n) is 6.74. The van der Waals surface area contributed by atoms with Crippen LogP contribution in [0.15, 0.2) is 67.3 Å². The summed E-state index contributed by atoms with van der Waals surface area (Å²) in [4.78, 5) is 3.89. The summed E-state index contributed by atoms with van der Waals surface area (Å²) in [5.74, 6) is -2.25. The highest BCUT2D eigenvalue weighted by Gasteiger charge is 2.41. The van der Waals surface area contributed by atoms with Crippen molar-refractivity contribution in [1.29, 1.82) is 0 Å². The van der Waals surface area contributed by atoms with Crippen LogP contribution in [0.1, 0.15) is 29.8 Å². The van der Waals surface area contributed by atoms with E-state index < -0.39 is 29.1 Å². The molecule has 2 aromatic heterocycles. The number of anilines is 1. The Balaban J connectivity index is 1.53. The molecule has 0 saturated carbocycles. The summed E-state index contributed by atoms with van der Waals surface area (Å²) in [6.07, 6.45) is 2.66. The number of hydrogen-bond acceptors (Lipinski definition) is 5. The fraction of sp³-hybridized carbons (Fsp3) is 0.222. The normalized spacial score (nSPS) is 14.0. The van der Waals surface area contributed by atoms with E-state index in [1.807, 2.05) is 12.1 Å². The monoisotopic (exact) mass is 540 g/mol. The van der Waals surface area contributed by atoms with E-state index in [4.69, 9.17) is 11.6 Å². The number of benzene rings is 3. The van der Waals surface area contributed by atoms with Crippen molar-refractivity contribution in [3.05, 3.63) is 107 Å². The van der Waals surface area contributed by atoms with Crippen molar-refractivity contribution in [3.8, 4) is 0 Å². The van der Waals surface area contributed by atoms with Crippen LogP contribution in [-0.4, -0.2) is 29.7 Å². The van der Waals surface area contributed by atoms with Crippen molar-refractivity contribution in [1.82, 2.24) is 24.5 Å². The second-order valence-corrected chi connectivity index (χ2v) is 9.62. The first-order valence-electron chi connectivity index (χ1n) is 11.8. The van der Waals surface area contributed by atoms with Gasteiger partial charge in [-0.3, -0.25) is 4.68 Å². The van der Waals surface area contributed by atoms with Crippen molar-refractivity contribution in [2.24, 2.45) is 0 Å². The molecule has 0 bridgehead atoms. The fourth-order valence-corrected chi connectivity index (χ4v) is 4.74. The first-order valence-corrected chi connectivity index (χ1v) is 12.2. The average Bonchev–Trinajstić information content (AvgIpc) is 3.51. The van der Waals surface area contributed by atoms with Crippen molar-refractivity contribution >= 4 is 28.2 Å². The van der Waals surface area contributed by atoms with Gasteiger partial charge in [0.1, 0.15) is 35.4 Å². The Bertz CT molecular complexity index is 1590. The van der Waals surface area contributed by atoms with Gasteiger partial charge in [0.05, 0.1) is 12.6 Å². The third kappa shape index (κ3) is 4.84. The third-order valence-corrected chi connectivity index (χ3v) is 6.99. The molecule has 7 nitrogen and oxygen atoms in total. The molecule has 0 aliphatic rings. The van der Waals surface area contributed by atoms with Gasteiger partial charge >= 0.3 is 0 Å². The van der Waals surface area contributed by atoms with Gasteiger partial charge in [0.15, 0.2) is 5.82 Å². The summed E-state index contributed by atoms with van der Waals surface area (Å²) in [6.45, 7) is 3.62. The van der Waals surface area contributed by atoms with E-state index in [0.29, 0.717) is 34.4 Å². The first kappa shape index (κ1) is 25.7. The Kier molecular flexibility index (Phi) is 6.85. The van der Waals surface area contributed by atoms with Crippen LogP contribution in [0.4, 0.5) is 18.9 Å². The molecule has 38 heavy (non-hydrogen) atoms. The Morgan fingerprint density at radius 1 is 1.05 bits per heavy atom. The molecule has 5 aromatic rings. The molecule has 0 aliphatic carbocycles. The number of rotatable bonds is 8. The minimum absolute atomic E-state index is 0.106. The lowest BCUT2D eigenvalue weighted by Gasteiger charge is -2.35. The van der Waals surface area contributed by atoms with Crippen LogP contribution in [0, 0.1) is 24.4 Å². The maximum atomic E-state index is 15.2. The van der Waals surface area contributed by atoms with Crippen molar-refractivity contribution < 1.29 is 18.3 Å². The van der Waals surface area contributed by atoms with E-state index in [1.54, 1.807) is 32.0 Å². The second kappa shape index (κ2) is 10.1. The molecule has 196 valence electrons. The maximum Gasteiger partial charge on any atom is 0.153 e. The molecule has 0 spiro atoms. The zero-order chi connectivity index (χ0) is 27.0. The standard InChI is InChI=1S/C27H24ClF3N6O/c1-16-22-10-21(33-12-18-3-5-19(28)6-4-18)11-25(31)26(22)35-37(16)17(2)27(38,13-36-15-32-14-34-36)23-8-7-20(29)9-24(23)30/h3-11,14-15,17,33,38H,12-13H2,1-2H3/t17-,27-/m1/s1. The molecule has 2 heterocycles. The molecule has 0 fully saturated rings. The van der Waals surface area contributed by atoms with E-state index in [0.717, 1.165) is 11.6 Å². The molecular formula is C27H24ClF3N6O. The number of halogens is 4. The van der Waals surface area contributed by atoms with E-state index >= 15 is 4.39 Å². The minimum atomic E-state index is -1.94. The van der Waals surface area contributed by atoms with Crippen molar-refractivity contribution in [3.63, 3.8) is 0 Å². The van der Waals surface area contributed by atoms with Crippen LogP contribution in [-0.2, 0) is 18.7 Å². The highest BCUT2D eigenvalue weighted by Crippen LogP contribution is 2.38. The van der Waals surface area contributed by atoms with Crippen LogP contribution in [0.3, 0.4) is 0 Å². The number of aromatic nitrogens is 5. The van der Waals surface area contributed by atoms with Gasteiger partial charge in [-0.1, -0.05) is 29.8 Å². The van der Waals surface area contributed by atoms with Gasteiger partial charge in [0, 0.05) is 40.0 Å². The summed E-state index contributed by atoms with van der Waals surface area (Å²) < 4.78 is 46.7. The Morgan fingerprint density at radius 2 is 1.82 bits per heavy atom. The lowest BCUT2D eigenvalue weighted by Crippen LogP contribution is -2.41. The molecule has 0 unspecified atom stereocenters. The molecular weight excluding hydrogens is 517 g/mol. The van der Waals surface area contributed by atoms with E-state index in [1.165, 1.54) is 34.2 Å². The summed E-state index contributed by atoms with van der Waals surface area (Å²) in [5, 5.41) is 24.8. The molecule has 0 amide bonds. The van der Waals surface area contributed by atoms with Gasteiger partial charge in [-0.15, -0.1) is 0 Å². The van der Waals surface area contributed by atoms with Gasteiger partial charge in [-0.05, 0) is 49.7 Å². The number of aryl methyl sites for hydroxylation is 1. The smallest absolute Gasteiger partial charge is 0.153 e. The van der Waals surface area contributed by atoms with Gasteiger partial charge < -0.3 is 10.4 Å². The number of hydrogen-bond donors (Lipinski definition) is 2. The molecule has 11 heteroatoms. The van der Waals surface area contributed by atoms with Crippen molar-refractivity contribution in [2.45, 2.75) is 38.6 Å². The second-order valence-electron chi connectivity index (χ2n) is 9.18. The summed E-state index contributed by atoms with van der Waals surface area (Å²) in [5.41, 5.74) is 0.0877. The van der Waals surface area contributed by atoms with E-state index in [-0.39, 0.29) is 17.6 Å². The molecule has 2 atom stereocenters. The van der Waals surface area contributed by atoms with Gasteiger partial charge in [0.2, 0.25) is 0 Å². The maximum absolute atomic E-state index is 15.2. The van der Waals surface area contributed by atoms with Crippen molar-refractivity contribution in [2.75, 3.05) is 5.32 Å². The first-order chi connectivity index (χ1) is 18.2. The van der Waals surface area contributed by atoms with E-state index in [9.17, 15) is 13.9 Å². The van der Waals surface area contributed by atoms with Crippen LogP contribution in [0.5, 0.6) is 0 Å². The topological polar surface area (TPSA) is 80.8 Å². The lowest BCUT2D eigenvalue weighted by molar-refractivity contribution is -0.0373. The predicted molar refractivity (Wildman–Crippen MR) is 138 cm³/mol. The molecule has 5 rings (SSSR count). The Hall–Kier alpha value is -3.89. The number of nitrogens with one attached hydrogen (secondary N) is 1. The largest absolute Gasteiger partial charge is 0.381 e. The highest BCUT2D eigenvalue weighted by molar-refractivity contribution is 6.30. The van der Waals surface area contributed by atoms with E-state index in [2.05, 4.69) is 20.5 Å². The quantitative estimate of drug-likeness (QED) is 0.261. The highest BCUT2D eigenvalue weighted by atomic mass is 35.5. The summed E-state index contributed by atoms with van der Waals surface area (Å²) in [7, 11) is 0. The van der Waals surface area contributed by atoms with Gasteiger partial charge in [0.25, 0.3) is 0 Å². The molecule has 0 aliphatic heterocycles.